The Labute approximate surface area is 121 Å². The van der Waals surface area contributed by atoms with E-state index in [-0.39, 0.29) is 17.9 Å². The highest BCUT2D eigenvalue weighted by molar-refractivity contribution is 6.31. The summed E-state index contributed by atoms with van der Waals surface area (Å²) in [5.41, 5.74) is 1.55. The first-order valence-corrected chi connectivity index (χ1v) is 6.42. The standard InChI is InChI=1S/C13H14ClN3O3/c1-3-9-12(14)10(17(2)16-9)7-20-11-6-15-5-4-8(11)13(18)19/h4-6H,3,7H2,1-2H3,(H,18,19). The van der Waals surface area contributed by atoms with Crippen LogP contribution in [0.5, 0.6) is 5.75 Å². The van der Waals surface area contributed by atoms with E-state index in [0.29, 0.717) is 10.7 Å². The van der Waals surface area contributed by atoms with Crippen molar-refractivity contribution < 1.29 is 14.6 Å². The molecule has 2 heterocycles. The molecule has 0 aromatic carbocycles. The van der Waals surface area contributed by atoms with Crippen LogP contribution in [-0.2, 0) is 20.1 Å². The van der Waals surface area contributed by atoms with Crippen molar-refractivity contribution in [3.63, 3.8) is 0 Å². The molecule has 106 valence electrons. The zero-order valence-corrected chi connectivity index (χ0v) is 11.9. The Morgan fingerprint density at radius 2 is 2.30 bits per heavy atom. The molecule has 0 aliphatic rings. The molecule has 7 heteroatoms. The molecule has 0 saturated carbocycles. The van der Waals surface area contributed by atoms with Crippen LogP contribution in [0.3, 0.4) is 0 Å². The van der Waals surface area contributed by atoms with Crippen molar-refractivity contribution in [1.29, 1.82) is 0 Å². The topological polar surface area (TPSA) is 77.2 Å². The summed E-state index contributed by atoms with van der Waals surface area (Å²) in [7, 11) is 1.77. The van der Waals surface area contributed by atoms with E-state index in [4.69, 9.17) is 21.4 Å². The Balaban J connectivity index is 2.21. The number of carboxylic acid groups (broad SMARTS) is 1. The second-order valence-corrected chi connectivity index (χ2v) is 4.53. The molecule has 20 heavy (non-hydrogen) atoms. The van der Waals surface area contributed by atoms with Crippen molar-refractivity contribution in [2.24, 2.45) is 7.05 Å². The van der Waals surface area contributed by atoms with Crippen LogP contribution < -0.4 is 4.74 Å². The molecule has 6 nitrogen and oxygen atoms in total. The Morgan fingerprint density at radius 3 is 2.90 bits per heavy atom. The number of carboxylic acids is 1. The number of pyridine rings is 1. The van der Waals surface area contributed by atoms with Crippen LogP contribution >= 0.6 is 11.6 Å². The van der Waals surface area contributed by atoms with Crippen LogP contribution in [0.2, 0.25) is 5.02 Å². The number of nitrogens with zero attached hydrogens (tertiary/aromatic N) is 3. The molecule has 0 aliphatic heterocycles. The molecule has 0 aliphatic carbocycles. The first-order valence-electron chi connectivity index (χ1n) is 6.05. The van der Waals surface area contributed by atoms with Crippen molar-refractivity contribution in [1.82, 2.24) is 14.8 Å². The van der Waals surface area contributed by atoms with E-state index >= 15 is 0 Å². The Hall–Kier alpha value is -2.08. The van der Waals surface area contributed by atoms with Gasteiger partial charge in [0.2, 0.25) is 0 Å². The molecule has 2 aromatic rings. The number of aryl methyl sites for hydroxylation is 2. The van der Waals surface area contributed by atoms with Gasteiger partial charge in [0.05, 0.1) is 22.6 Å². The lowest BCUT2D eigenvalue weighted by Gasteiger charge is -2.08. The Morgan fingerprint density at radius 1 is 1.55 bits per heavy atom. The van der Waals surface area contributed by atoms with Crippen LogP contribution in [0.4, 0.5) is 0 Å². The van der Waals surface area contributed by atoms with Crippen molar-refractivity contribution in [3.05, 3.63) is 40.4 Å². The monoisotopic (exact) mass is 295 g/mol. The van der Waals surface area contributed by atoms with Gasteiger partial charge in [0.1, 0.15) is 12.2 Å². The molecule has 0 radical (unpaired) electrons. The zero-order chi connectivity index (χ0) is 14.7. The summed E-state index contributed by atoms with van der Waals surface area (Å²) in [5, 5.41) is 13.9. The molecule has 2 aromatic heterocycles. The Bertz CT molecular complexity index is 640. The first kappa shape index (κ1) is 14.3. The van der Waals surface area contributed by atoms with Crippen molar-refractivity contribution in [3.8, 4) is 5.75 Å². The fourth-order valence-corrected chi connectivity index (χ4v) is 2.14. The van der Waals surface area contributed by atoms with Crippen molar-refractivity contribution in [2.45, 2.75) is 20.0 Å². The molecule has 0 bridgehead atoms. The fraction of sp³-hybridized carbons (Fsp3) is 0.308. The molecular formula is C13H14ClN3O3. The van der Waals surface area contributed by atoms with E-state index in [1.165, 1.54) is 18.5 Å². The molecular weight excluding hydrogens is 282 g/mol. The predicted molar refractivity (Wildman–Crippen MR) is 73.1 cm³/mol. The fourth-order valence-electron chi connectivity index (χ4n) is 1.79. The van der Waals surface area contributed by atoms with Gasteiger partial charge < -0.3 is 9.84 Å². The normalized spacial score (nSPS) is 10.6. The average Bonchev–Trinajstić information content (AvgIpc) is 2.71. The highest BCUT2D eigenvalue weighted by Crippen LogP contribution is 2.23. The molecule has 0 amide bonds. The molecule has 0 atom stereocenters. The lowest BCUT2D eigenvalue weighted by atomic mass is 10.2. The van der Waals surface area contributed by atoms with Gasteiger partial charge in [-0.05, 0) is 12.5 Å². The third kappa shape index (κ3) is 2.75. The molecule has 0 fully saturated rings. The molecule has 0 unspecified atom stereocenters. The van der Waals surface area contributed by atoms with Crippen LogP contribution in [0, 0.1) is 0 Å². The van der Waals surface area contributed by atoms with E-state index < -0.39 is 5.97 Å². The lowest BCUT2D eigenvalue weighted by Crippen LogP contribution is -2.07. The van der Waals surface area contributed by atoms with Crippen LogP contribution in [0.1, 0.15) is 28.7 Å². The summed E-state index contributed by atoms with van der Waals surface area (Å²) in [6.07, 6.45) is 3.50. The quantitative estimate of drug-likeness (QED) is 0.916. The SMILES string of the molecule is CCc1nn(C)c(COc2cnccc2C(=O)O)c1Cl. The van der Waals surface area contributed by atoms with E-state index in [0.717, 1.165) is 12.1 Å². The smallest absolute Gasteiger partial charge is 0.339 e. The summed E-state index contributed by atoms with van der Waals surface area (Å²) in [6, 6.07) is 1.39. The third-order valence-electron chi connectivity index (χ3n) is 2.88. The largest absolute Gasteiger partial charge is 0.485 e. The van der Waals surface area contributed by atoms with Crippen LogP contribution in [0.15, 0.2) is 18.5 Å². The van der Waals surface area contributed by atoms with E-state index in [2.05, 4.69) is 10.1 Å². The maximum absolute atomic E-state index is 11.1. The second kappa shape index (κ2) is 5.92. The highest BCUT2D eigenvalue weighted by Gasteiger charge is 2.16. The number of aromatic nitrogens is 3. The maximum atomic E-state index is 11.1. The molecule has 0 saturated heterocycles. The summed E-state index contributed by atoms with van der Waals surface area (Å²) < 4.78 is 7.15. The first-order chi connectivity index (χ1) is 9.54. The Kier molecular flexibility index (Phi) is 4.24. The maximum Gasteiger partial charge on any atom is 0.339 e. The van der Waals surface area contributed by atoms with Gasteiger partial charge >= 0.3 is 5.97 Å². The van der Waals surface area contributed by atoms with Gasteiger partial charge in [-0.3, -0.25) is 9.67 Å². The van der Waals surface area contributed by atoms with Gasteiger partial charge in [-0.2, -0.15) is 5.10 Å². The average molecular weight is 296 g/mol. The van der Waals surface area contributed by atoms with Gasteiger partial charge in [-0.1, -0.05) is 18.5 Å². The van der Waals surface area contributed by atoms with Crippen LogP contribution in [0.25, 0.3) is 0 Å². The van der Waals surface area contributed by atoms with Gasteiger partial charge in [-0.15, -0.1) is 0 Å². The van der Waals surface area contributed by atoms with Gasteiger partial charge in [0, 0.05) is 13.2 Å². The molecule has 2 rings (SSSR count). The van der Waals surface area contributed by atoms with Crippen molar-refractivity contribution in [2.75, 3.05) is 0 Å². The number of halogens is 1. The predicted octanol–water partition coefficient (Wildman–Crippen LogP) is 2.31. The van der Waals surface area contributed by atoms with Crippen molar-refractivity contribution >= 4 is 17.6 Å². The number of hydrogen-bond donors (Lipinski definition) is 1. The second-order valence-electron chi connectivity index (χ2n) is 4.15. The third-order valence-corrected chi connectivity index (χ3v) is 3.32. The summed E-state index contributed by atoms with van der Waals surface area (Å²) >= 11 is 6.20. The van der Waals surface area contributed by atoms with E-state index in [1.807, 2.05) is 6.92 Å². The van der Waals surface area contributed by atoms with E-state index in [9.17, 15) is 4.79 Å². The summed E-state index contributed by atoms with van der Waals surface area (Å²) in [4.78, 5) is 14.9. The van der Waals surface area contributed by atoms with Crippen LogP contribution in [-0.4, -0.2) is 25.8 Å². The summed E-state index contributed by atoms with van der Waals surface area (Å²) in [6.45, 7) is 2.09. The number of rotatable bonds is 5. The van der Waals surface area contributed by atoms with E-state index in [1.54, 1.807) is 11.7 Å². The van der Waals surface area contributed by atoms with Gasteiger partial charge in [0.15, 0.2) is 5.75 Å². The minimum Gasteiger partial charge on any atom is -0.485 e. The molecule has 1 N–H and O–H groups in total. The number of ether oxygens (including phenoxy) is 1. The highest BCUT2D eigenvalue weighted by atomic mass is 35.5. The van der Waals surface area contributed by atoms with Gasteiger partial charge in [0.25, 0.3) is 0 Å². The minimum atomic E-state index is -1.06. The lowest BCUT2D eigenvalue weighted by molar-refractivity contribution is 0.0691. The number of aromatic carboxylic acids is 1. The molecule has 0 spiro atoms. The number of hydrogen-bond acceptors (Lipinski definition) is 4. The zero-order valence-electron chi connectivity index (χ0n) is 11.1. The van der Waals surface area contributed by atoms with Gasteiger partial charge in [-0.25, -0.2) is 4.79 Å². The summed E-state index contributed by atoms with van der Waals surface area (Å²) in [5.74, 6) is -0.858. The minimum absolute atomic E-state index is 0.0639. The number of carbonyl (C=O) groups is 1.